The summed E-state index contributed by atoms with van der Waals surface area (Å²) in [6.45, 7) is 6.18. The number of pyridine rings is 1. The molecule has 5 nitrogen and oxygen atoms in total. The van der Waals surface area contributed by atoms with Crippen LogP contribution in [-0.4, -0.2) is 22.8 Å². The predicted octanol–water partition coefficient (Wildman–Crippen LogP) is 4.52. The highest BCUT2D eigenvalue weighted by Crippen LogP contribution is 2.49. The molecular weight excluding hydrogens is 395 g/mol. The fourth-order valence-electron chi connectivity index (χ4n) is 5.12. The minimum atomic E-state index is -0.680. The summed E-state index contributed by atoms with van der Waals surface area (Å²) in [6, 6.07) is 10.7. The van der Waals surface area contributed by atoms with Crippen LogP contribution in [0.3, 0.4) is 0 Å². The van der Waals surface area contributed by atoms with Gasteiger partial charge in [0.2, 0.25) is 0 Å². The average molecular weight is 420 g/mol. The number of aromatic nitrogens is 1. The van der Waals surface area contributed by atoms with Crippen LogP contribution in [0, 0.1) is 30.5 Å². The zero-order chi connectivity index (χ0) is 21.9. The monoisotopic (exact) mass is 420 g/mol. The Hall–Kier alpha value is -3.02. The largest absolute Gasteiger partial charge is 0.483 e. The third kappa shape index (κ3) is 3.16. The van der Waals surface area contributed by atoms with Gasteiger partial charge in [0.15, 0.2) is 11.5 Å². The highest BCUT2D eigenvalue weighted by molar-refractivity contribution is 6.17. The number of ether oxygens (including phenoxy) is 1. The van der Waals surface area contributed by atoms with E-state index in [1.807, 2.05) is 19.1 Å². The molecule has 5 unspecified atom stereocenters. The molecule has 1 aliphatic carbocycles. The lowest BCUT2D eigenvalue weighted by Gasteiger charge is -2.40. The van der Waals surface area contributed by atoms with Crippen molar-refractivity contribution in [1.29, 1.82) is 0 Å². The van der Waals surface area contributed by atoms with Gasteiger partial charge in [-0.3, -0.25) is 14.5 Å². The lowest BCUT2D eigenvalue weighted by molar-refractivity contribution is -0.134. The maximum absolute atomic E-state index is 13.7. The number of ketones is 1. The molecule has 0 spiro atoms. The Morgan fingerprint density at radius 1 is 1.03 bits per heavy atom. The van der Waals surface area contributed by atoms with Crippen LogP contribution in [0.5, 0.6) is 0 Å². The Labute approximate surface area is 180 Å². The zero-order valence-corrected chi connectivity index (χ0v) is 17.8. The van der Waals surface area contributed by atoms with E-state index in [0.717, 1.165) is 18.5 Å². The summed E-state index contributed by atoms with van der Waals surface area (Å²) < 4.78 is 19.9. The molecule has 160 valence electrons. The third-order valence-electron chi connectivity index (χ3n) is 7.02. The van der Waals surface area contributed by atoms with E-state index >= 15 is 0 Å². The number of benzene rings is 1. The standard InChI is InChI=1S/C25H25FN2O3/c1-13-11-18-19(12-14(13)2)31-24-21(23(18)29)22(16-7-9-17(26)10-8-16)28(25(24)30)20-6-4-5-15(3)27-20/h4-10,13-14,18-19,22H,11-12H2,1-3H3. The Morgan fingerprint density at radius 2 is 1.74 bits per heavy atom. The maximum atomic E-state index is 13.7. The molecule has 5 atom stereocenters. The van der Waals surface area contributed by atoms with Crippen molar-refractivity contribution in [2.75, 3.05) is 4.90 Å². The van der Waals surface area contributed by atoms with E-state index in [1.165, 1.54) is 17.0 Å². The highest BCUT2D eigenvalue weighted by Gasteiger charge is 2.54. The summed E-state index contributed by atoms with van der Waals surface area (Å²) in [4.78, 5) is 33.3. The van der Waals surface area contributed by atoms with Crippen LogP contribution in [0.4, 0.5) is 10.2 Å². The van der Waals surface area contributed by atoms with Crippen LogP contribution < -0.4 is 4.90 Å². The molecule has 2 aromatic rings. The van der Waals surface area contributed by atoms with Gasteiger partial charge in [0.25, 0.3) is 5.91 Å². The van der Waals surface area contributed by atoms with Crippen molar-refractivity contribution in [2.45, 2.75) is 45.8 Å². The summed E-state index contributed by atoms with van der Waals surface area (Å²) in [5.41, 5.74) is 1.80. The van der Waals surface area contributed by atoms with Gasteiger partial charge >= 0.3 is 0 Å². The number of hydrogen-bond acceptors (Lipinski definition) is 4. The predicted molar refractivity (Wildman–Crippen MR) is 114 cm³/mol. The third-order valence-corrected chi connectivity index (χ3v) is 7.02. The number of halogens is 1. The van der Waals surface area contributed by atoms with Crippen molar-refractivity contribution in [1.82, 2.24) is 4.98 Å². The second-order valence-corrected chi connectivity index (χ2v) is 9.06. The van der Waals surface area contributed by atoms with E-state index in [4.69, 9.17) is 4.74 Å². The number of amides is 1. The van der Waals surface area contributed by atoms with Gasteiger partial charge in [0, 0.05) is 5.69 Å². The molecule has 0 N–H and O–H groups in total. The van der Waals surface area contributed by atoms with Crippen molar-refractivity contribution < 1.29 is 18.7 Å². The first-order valence-electron chi connectivity index (χ1n) is 10.8. The van der Waals surface area contributed by atoms with Crippen molar-refractivity contribution in [3.63, 3.8) is 0 Å². The topological polar surface area (TPSA) is 59.5 Å². The van der Waals surface area contributed by atoms with Gasteiger partial charge in [-0.2, -0.15) is 0 Å². The summed E-state index contributed by atoms with van der Waals surface area (Å²) in [7, 11) is 0. The van der Waals surface area contributed by atoms with Crippen molar-refractivity contribution >= 4 is 17.5 Å². The average Bonchev–Trinajstić information content (AvgIpc) is 3.03. The summed E-state index contributed by atoms with van der Waals surface area (Å²) >= 11 is 0. The van der Waals surface area contributed by atoms with E-state index in [-0.39, 0.29) is 35.3 Å². The highest BCUT2D eigenvalue weighted by atomic mass is 19.1. The van der Waals surface area contributed by atoms with Crippen molar-refractivity contribution in [3.8, 4) is 0 Å². The SMILES string of the molecule is Cc1cccc(N2C(=O)C3=C(C(=O)C4CC(C)C(C)CC4O3)C2c2ccc(F)cc2)n1. The summed E-state index contributed by atoms with van der Waals surface area (Å²) in [5, 5.41) is 0. The Balaban J connectivity index is 1.64. The van der Waals surface area contributed by atoms with Crippen molar-refractivity contribution in [3.05, 3.63) is 70.9 Å². The first-order chi connectivity index (χ1) is 14.8. The van der Waals surface area contributed by atoms with E-state index in [9.17, 15) is 14.0 Å². The molecule has 0 bridgehead atoms. The Bertz CT molecular complexity index is 1090. The van der Waals surface area contributed by atoms with Crippen LogP contribution in [0.25, 0.3) is 0 Å². The van der Waals surface area contributed by atoms with Crippen LogP contribution in [0.1, 0.15) is 44.0 Å². The normalized spacial score (nSPS) is 30.2. The molecule has 3 aliphatic rings. The fourth-order valence-corrected chi connectivity index (χ4v) is 5.12. The quantitative estimate of drug-likeness (QED) is 0.717. The first kappa shape index (κ1) is 19.9. The molecule has 0 radical (unpaired) electrons. The summed E-state index contributed by atoms with van der Waals surface area (Å²) in [5.74, 6) is 0.404. The number of aryl methyl sites for hydroxylation is 1. The Kier molecular flexibility index (Phi) is 4.68. The van der Waals surface area contributed by atoms with E-state index < -0.39 is 6.04 Å². The molecule has 2 aliphatic heterocycles. The number of carbonyl (C=O) groups excluding carboxylic acids is 2. The molecule has 1 saturated carbocycles. The lowest BCUT2D eigenvalue weighted by atomic mass is 9.70. The molecule has 6 heteroatoms. The Morgan fingerprint density at radius 3 is 2.45 bits per heavy atom. The second-order valence-electron chi connectivity index (χ2n) is 9.06. The lowest BCUT2D eigenvalue weighted by Crippen LogP contribution is -2.43. The van der Waals surface area contributed by atoms with Gasteiger partial charge in [-0.15, -0.1) is 0 Å². The molecule has 5 rings (SSSR count). The minimum absolute atomic E-state index is 0.0252. The molecule has 1 fully saturated rings. The summed E-state index contributed by atoms with van der Waals surface area (Å²) in [6.07, 6.45) is 1.22. The van der Waals surface area contributed by atoms with E-state index in [0.29, 0.717) is 28.8 Å². The van der Waals surface area contributed by atoms with Crippen LogP contribution in [0.2, 0.25) is 0 Å². The fraction of sp³-hybridized carbons (Fsp3) is 0.400. The molecule has 0 saturated heterocycles. The maximum Gasteiger partial charge on any atom is 0.295 e. The number of fused-ring (bicyclic) bond motifs is 1. The minimum Gasteiger partial charge on any atom is -0.483 e. The first-order valence-corrected chi connectivity index (χ1v) is 10.8. The number of anilines is 1. The van der Waals surface area contributed by atoms with Crippen LogP contribution in [0.15, 0.2) is 53.8 Å². The van der Waals surface area contributed by atoms with E-state index in [1.54, 1.807) is 18.2 Å². The van der Waals surface area contributed by atoms with Gasteiger partial charge in [-0.25, -0.2) is 9.37 Å². The molecular formula is C25H25FN2O3. The molecule has 31 heavy (non-hydrogen) atoms. The molecule has 1 aromatic carbocycles. The van der Waals surface area contributed by atoms with Gasteiger partial charge < -0.3 is 4.74 Å². The zero-order valence-electron chi connectivity index (χ0n) is 17.8. The van der Waals surface area contributed by atoms with Crippen molar-refractivity contribution in [2.24, 2.45) is 17.8 Å². The van der Waals surface area contributed by atoms with Gasteiger partial charge in [0.1, 0.15) is 17.7 Å². The smallest absolute Gasteiger partial charge is 0.295 e. The number of carbonyl (C=O) groups is 2. The number of rotatable bonds is 2. The molecule has 1 amide bonds. The number of hydrogen-bond donors (Lipinski definition) is 0. The van der Waals surface area contributed by atoms with Gasteiger partial charge in [-0.1, -0.05) is 32.0 Å². The molecule has 3 heterocycles. The van der Waals surface area contributed by atoms with Gasteiger partial charge in [-0.05, 0) is 61.4 Å². The number of Topliss-reactive ketones (excluding diaryl/α,β-unsaturated/α-hetero) is 1. The van der Waals surface area contributed by atoms with Crippen LogP contribution in [-0.2, 0) is 14.3 Å². The molecule has 1 aromatic heterocycles. The van der Waals surface area contributed by atoms with Gasteiger partial charge in [0.05, 0.1) is 17.5 Å². The van der Waals surface area contributed by atoms with E-state index in [2.05, 4.69) is 18.8 Å². The number of nitrogens with zero attached hydrogens (tertiary/aromatic N) is 2. The second kappa shape index (κ2) is 7.29. The van der Waals surface area contributed by atoms with Crippen LogP contribution >= 0.6 is 0 Å².